The number of nitrogens with one attached hydrogen (secondary N) is 2. The van der Waals surface area contributed by atoms with Crippen molar-refractivity contribution < 1.29 is 9.53 Å². The maximum atomic E-state index is 11.7. The fraction of sp³-hybridized carbons (Fsp3) is 0.375. The van der Waals surface area contributed by atoms with E-state index in [4.69, 9.17) is 4.74 Å². The third kappa shape index (κ3) is 2.45. The van der Waals surface area contributed by atoms with Gasteiger partial charge in [-0.1, -0.05) is 12.1 Å². The molecule has 2 aliphatic rings. The standard InChI is InChI=1S/C16H17N3O2/c20-16(11-1-2-11)17-12-5-3-10(4-6-12)15-13-9-21-8-7-14(13)18-19-15/h3-6,11H,1-2,7-9H2,(H,17,20)(H,18,19). The largest absolute Gasteiger partial charge is 0.376 e. The number of hydrogen-bond acceptors (Lipinski definition) is 3. The maximum Gasteiger partial charge on any atom is 0.227 e. The Morgan fingerprint density at radius 2 is 2.10 bits per heavy atom. The first-order valence-corrected chi connectivity index (χ1v) is 7.36. The van der Waals surface area contributed by atoms with Crippen molar-refractivity contribution in [3.63, 3.8) is 0 Å². The fourth-order valence-electron chi connectivity index (χ4n) is 2.65. The molecule has 1 aromatic carbocycles. The quantitative estimate of drug-likeness (QED) is 0.909. The summed E-state index contributed by atoms with van der Waals surface area (Å²) in [5.41, 5.74) is 5.15. The van der Waals surface area contributed by atoms with Gasteiger partial charge in [0.2, 0.25) is 5.91 Å². The number of ether oxygens (including phenoxy) is 1. The molecule has 1 fully saturated rings. The summed E-state index contributed by atoms with van der Waals surface area (Å²) in [6, 6.07) is 7.85. The lowest BCUT2D eigenvalue weighted by molar-refractivity contribution is -0.117. The topological polar surface area (TPSA) is 67.0 Å². The Bertz CT molecular complexity index is 671. The van der Waals surface area contributed by atoms with Crippen molar-refractivity contribution in [2.45, 2.75) is 25.9 Å². The summed E-state index contributed by atoms with van der Waals surface area (Å²) in [6.45, 7) is 1.36. The number of anilines is 1. The van der Waals surface area contributed by atoms with Crippen LogP contribution in [0.2, 0.25) is 0 Å². The molecule has 5 nitrogen and oxygen atoms in total. The lowest BCUT2D eigenvalue weighted by Gasteiger charge is -2.12. The molecule has 0 bridgehead atoms. The molecular weight excluding hydrogens is 266 g/mol. The van der Waals surface area contributed by atoms with Crippen LogP contribution in [0, 0.1) is 5.92 Å². The van der Waals surface area contributed by atoms with E-state index in [2.05, 4.69) is 15.5 Å². The van der Waals surface area contributed by atoms with Crippen LogP contribution in [0.4, 0.5) is 5.69 Å². The number of amides is 1. The molecule has 4 rings (SSSR count). The van der Waals surface area contributed by atoms with Crippen LogP contribution in [-0.2, 0) is 22.6 Å². The Kier molecular flexibility index (Phi) is 3.00. The van der Waals surface area contributed by atoms with E-state index in [1.54, 1.807) is 0 Å². The molecule has 0 radical (unpaired) electrons. The van der Waals surface area contributed by atoms with Gasteiger partial charge in [-0.25, -0.2) is 0 Å². The van der Waals surface area contributed by atoms with Crippen LogP contribution in [0.5, 0.6) is 0 Å². The highest BCUT2D eigenvalue weighted by Crippen LogP contribution is 2.31. The van der Waals surface area contributed by atoms with E-state index in [1.807, 2.05) is 24.3 Å². The average molecular weight is 283 g/mol. The van der Waals surface area contributed by atoms with E-state index < -0.39 is 0 Å². The molecule has 2 aromatic rings. The molecule has 2 heterocycles. The molecule has 1 aliphatic heterocycles. The van der Waals surface area contributed by atoms with Crippen LogP contribution in [0.3, 0.4) is 0 Å². The van der Waals surface area contributed by atoms with Gasteiger partial charge in [0, 0.05) is 34.8 Å². The number of aromatic amines is 1. The number of carbonyl (C=O) groups is 1. The molecule has 1 saturated carbocycles. The van der Waals surface area contributed by atoms with E-state index in [0.29, 0.717) is 6.61 Å². The molecule has 1 amide bonds. The molecule has 0 saturated heterocycles. The summed E-state index contributed by atoms with van der Waals surface area (Å²) in [5.74, 6) is 0.355. The Hall–Kier alpha value is -2.14. The first kappa shape index (κ1) is 12.6. The van der Waals surface area contributed by atoms with Crippen molar-refractivity contribution in [1.82, 2.24) is 10.2 Å². The van der Waals surface area contributed by atoms with Gasteiger partial charge in [0.15, 0.2) is 0 Å². The minimum absolute atomic E-state index is 0.133. The number of nitrogens with zero attached hydrogens (tertiary/aromatic N) is 1. The fourth-order valence-corrected chi connectivity index (χ4v) is 2.65. The van der Waals surface area contributed by atoms with E-state index >= 15 is 0 Å². The van der Waals surface area contributed by atoms with Crippen molar-refractivity contribution in [2.75, 3.05) is 11.9 Å². The number of benzene rings is 1. The van der Waals surface area contributed by atoms with Gasteiger partial charge in [-0.15, -0.1) is 0 Å². The third-order valence-corrected chi connectivity index (χ3v) is 4.07. The molecular formula is C16H17N3O2. The molecule has 1 aromatic heterocycles. The number of hydrogen-bond donors (Lipinski definition) is 2. The molecule has 0 spiro atoms. The second-order valence-electron chi connectivity index (χ2n) is 5.67. The smallest absolute Gasteiger partial charge is 0.227 e. The van der Waals surface area contributed by atoms with Crippen molar-refractivity contribution in [2.24, 2.45) is 5.92 Å². The number of carbonyl (C=O) groups excluding carboxylic acids is 1. The van der Waals surface area contributed by atoms with Gasteiger partial charge < -0.3 is 10.1 Å². The van der Waals surface area contributed by atoms with Crippen LogP contribution in [0.1, 0.15) is 24.1 Å². The summed E-state index contributed by atoms with van der Waals surface area (Å²) in [6.07, 6.45) is 2.92. The number of fused-ring (bicyclic) bond motifs is 1. The van der Waals surface area contributed by atoms with Crippen LogP contribution in [0.25, 0.3) is 11.3 Å². The second kappa shape index (κ2) is 5.00. The molecule has 108 valence electrons. The zero-order valence-corrected chi connectivity index (χ0v) is 11.7. The van der Waals surface area contributed by atoms with Crippen molar-refractivity contribution in [3.05, 3.63) is 35.5 Å². The van der Waals surface area contributed by atoms with Gasteiger partial charge in [0.1, 0.15) is 0 Å². The summed E-state index contributed by atoms with van der Waals surface area (Å²) in [4.78, 5) is 11.7. The van der Waals surface area contributed by atoms with Crippen LogP contribution in [0.15, 0.2) is 24.3 Å². The minimum atomic E-state index is 0.133. The molecule has 5 heteroatoms. The lowest BCUT2D eigenvalue weighted by Crippen LogP contribution is -2.13. The first-order chi connectivity index (χ1) is 10.3. The molecule has 2 N–H and O–H groups in total. The highest BCUT2D eigenvalue weighted by atomic mass is 16.5. The van der Waals surface area contributed by atoms with Crippen LogP contribution in [-0.4, -0.2) is 22.7 Å². The predicted octanol–water partition coefficient (Wildman–Crippen LogP) is 2.50. The van der Waals surface area contributed by atoms with E-state index in [1.165, 1.54) is 5.69 Å². The Morgan fingerprint density at radius 3 is 2.86 bits per heavy atom. The maximum absolute atomic E-state index is 11.7. The van der Waals surface area contributed by atoms with E-state index in [0.717, 1.165) is 48.4 Å². The Labute approximate surface area is 122 Å². The van der Waals surface area contributed by atoms with Gasteiger partial charge >= 0.3 is 0 Å². The predicted molar refractivity (Wildman–Crippen MR) is 78.7 cm³/mol. The van der Waals surface area contributed by atoms with Gasteiger partial charge in [-0.2, -0.15) is 5.10 Å². The molecule has 0 atom stereocenters. The molecule has 1 aliphatic carbocycles. The number of aromatic nitrogens is 2. The summed E-state index contributed by atoms with van der Waals surface area (Å²) >= 11 is 0. The number of rotatable bonds is 3. The van der Waals surface area contributed by atoms with Gasteiger partial charge in [-0.05, 0) is 25.0 Å². The normalized spacial score (nSPS) is 17.3. The summed E-state index contributed by atoms with van der Waals surface area (Å²) < 4.78 is 5.51. The number of H-pyrrole nitrogens is 1. The zero-order valence-electron chi connectivity index (χ0n) is 11.7. The van der Waals surface area contributed by atoms with Crippen molar-refractivity contribution in [1.29, 1.82) is 0 Å². The van der Waals surface area contributed by atoms with Gasteiger partial charge in [0.25, 0.3) is 0 Å². The highest BCUT2D eigenvalue weighted by molar-refractivity contribution is 5.94. The van der Waals surface area contributed by atoms with E-state index in [9.17, 15) is 4.79 Å². The van der Waals surface area contributed by atoms with Crippen molar-refractivity contribution in [3.8, 4) is 11.3 Å². The Morgan fingerprint density at radius 1 is 1.29 bits per heavy atom. The monoisotopic (exact) mass is 283 g/mol. The Balaban J connectivity index is 1.55. The second-order valence-corrected chi connectivity index (χ2v) is 5.67. The average Bonchev–Trinajstić information content (AvgIpc) is 3.28. The van der Waals surface area contributed by atoms with Gasteiger partial charge in [-0.3, -0.25) is 9.89 Å². The van der Waals surface area contributed by atoms with Crippen LogP contribution >= 0.6 is 0 Å². The first-order valence-electron chi connectivity index (χ1n) is 7.36. The zero-order chi connectivity index (χ0) is 14.2. The highest BCUT2D eigenvalue weighted by Gasteiger charge is 2.29. The molecule has 0 unspecified atom stereocenters. The van der Waals surface area contributed by atoms with Crippen LogP contribution < -0.4 is 5.32 Å². The SMILES string of the molecule is O=C(Nc1ccc(-c2n[nH]c3c2COCC3)cc1)C1CC1. The third-order valence-electron chi connectivity index (χ3n) is 4.07. The summed E-state index contributed by atoms with van der Waals surface area (Å²) in [5, 5.41) is 10.4. The lowest BCUT2D eigenvalue weighted by atomic mass is 10.0. The van der Waals surface area contributed by atoms with Gasteiger partial charge in [0.05, 0.1) is 18.9 Å². The van der Waals surface area contributed by atoms with Crippen molar-refractivity contribution >= 4 is 11.6 Å². The minimum Gasteiger partial charge on any atom is -0.376 e. The summed E-state index contributed by atoms with van der Waals surface area (Å²) in [7, 11) is 0. The molecule has 21 heavy (non-hydrogen) atoms. The van der Waals surface area contributed by atoms with E-state index in [-0.39, 0.29) is 11.8 Å².